The third-order valence-corrected chi connectivity index (χ3v) is 4.86. The van der Waals surface area contributed by atoms with Crippen LogP contribution in [0.1, 0.15) is 20.8 Å². The molecule has 0 aliphatic carbocycles. The molecule has 162 valence electrons. The van der Waals surface area contributed by atoms with Crippen LogP contribution in [0.15, 0.2) is 54.6 Å². The summed E-state index contributed by atoms with van der Waals surface area (Å²) in [5.41, 5.74) is 2.54. The molecule has 0 unspecified atom stereocenters. The highest BCUT2D eigenvalue weighted by atomic mass is 16.5. The summed E-state index contributed by atoms with van der Waals surface area (Å²) in [4.78, 5) is 29.5. The van der Waals surface area contributed by atoms with E-state index in [0.29, 0.717) is 33.7 Å². The Balaban J connectivity index is 1.75. The van der Waals surface area contributed by atoms with Crippen molar-refractivity contribution in [1.29, 1.82) is 0 Å². The lowest BCUT2D eigenvalue weighted by atomic mass is 10.0. The highest BCUT2D eigenvalue weighted by Crippen LogP contribution is 2.33. The molecule has 32 heavy (non-hydrogen) atoms. The first-order chi connectivity index (χ1) is 15.5. The molecule has 0 saturated carbocycles. The fraction of sp³-hybridized carbons (Fsp3) is 0.130. The predicted octanol–water partition coefficient (Wildman–Crippen LogP) is 3.68. The van der Waals surface area contributed by atoms with Crippen molar-refractivity contribution >= 4 is 28.6 Å². The zero-order chi connectivity index (χ0) is 22.7. The van der Waals surface area contributed by atoms with E-state index < -0.39 is 11.9 Å². The second-order valence-electron chi connectivity index (χ2n) is 6.75. The van der Waals surface area contributed by atoms with Crippen molar-refractivity contribution in [3.63, 3.8) is 0 Å². The lowest BCUT2D eigenvalue weighted by Crippen LogP contribution is -2.13. The Morgan fingerprint density at radius 1 is 0.938 bits per heavy atom. The number of hydrogen-bond donors (Lipinski definition) is 2. The molecule has 9 heteroatoms. The number of carbonyl (C=O) groups excluding carboxylic acids is 2. The number of aromatic nitrogens is 3. The minimum absolute atomic E-state index is 0.133. The van der Waals surface area contributed by atoms with E-state index >= 15 is 0 Å². The molecule has 0 saturated heterocycles. The van der Waals surface area contributed by atoms with Crippen LogP contribution in [0.5, 0.6) is 11.5 Å². The number of aromatic amines is 1. The van der Waals surface area contributed by atoms with Crippen molar-refractivity contribution < 1.29 is 23.8 Å². The van der Waals surface area contributed by atoms with Gasteiger partial charge in [-0.1, -0.05) is 18.2 Å². The Labute approximate surface area is 183 Å². The Kier molecular flexibility index (Phi) is 5.71. The number of hydrogen-bond acceptors (Lipinski definition) is 7. The fourth-order valence-corrected chi connectivity index (χ4v) is 3.29. The van der Waals surface area contributed by atoms with Gasteiger partial charge >= 0.3 is 5.97 Å². The summed E-state index contributed by atoms with van der Waals surface area (Å²) >= 11 is 0. The van der Waals surface area contributed by atoms with Crippen LogP contribution in [0.3, 0.4) is 0 Å². The van der Waals surface area contributed by atoms with Gasteiger partial charge in [-0.05, 0) is 30.3 Å². The van der Waals surface area contributed by atoms with Crippen LogP contribution >= 0.6 is 0 Å². The summed E-state index contributed by atoms with van der Waals surface area (Å²) in [6.07, 6.45) is 0. The third kappa shape index (κ3) is 3.95. The summed E-state index contributed by atoms with van der Waals surface area (Å²) in [6, 6.07) is 15.9. The van der Waals surface area contributed by atoms with Gasteiger partial charge in [0.2, 0.25) is 0 Å². The number of esters is 1. The van der Waals surface area contributed by atoms with E-state index in [1.165, 1.54) is 13.2 Å². The summed E-state index contributed by atoms with van der Waals surface area (Å²) in [5, 5.41) is 9.87. The van der Waals surface area contributed by atoms with Gasteiger partial charge in [0.15, 0.2) is 17.3 Å². The van der Waals surface area contributed by atoms with Crippen molar-refractivity contribution in [3.8, 4) is 22.8 Å². The Morgan fingerprint density at radius 2 is 1.72 bits per heavy atom. The average molecular weight is 432 g/mol. The molecule has 2 N–H and O–H groups in total. The number of carbonyl (C=O) groups is 2. The molecule has 2 aromatic heterocycles. The summed E-state index contributed by atoms with van der Waals surface area (Å²) in [5.74, 6) is 0.369. The van der Waals surface area contributed by atoms with E-state index in [-0.39, 0.29) is 11.5 Å². The SMILES string of the molecule is COC(=O)c1cc(NC(=O)c2cc(-c3ccc(OC)c(OC)c3)nc3ccccc23)n[nH]1. The second kappa shape index (κ2) is 8.76. The number of pyridine rings is 1. The molecule has 0 bridgehead atoms. The molecular weight excluding hydrogens is 412 g/mol. The highest BCUT2D eigenvalue weighted by molar-refractivity contribution is 6.13. The predicted molar refractivity (Wildman–Crippen MR) is 118 cm³/mol. The van der Waals surface area contributed by atoms with E-state index in [1.54, 1.807) is 32.4 Å². The van der Waals surface area contributed by atoms with Gasteiger partial charge < -0.3 is 19.5 Å². The number of para-hydroxylation sites is 1. The van der Waals surface area contributed by atoms with Crippen LogP contribution in [0.25, 0.3) is 22.2 Å². The standard InChI is InChI=1S/C23H20N4O5/c1-30-19-9-8-13(10-20(19)31-2)17-11-15(14-6-4-5-7-16(14)24-17)22(28)25-21-12-18(26-27-21)23(29)32-3/h4-12H,1-3H3,(H2,25,26,27,28). The van der Waals surface area contributed by atoms with Crippen LogP contribution in [0.2, 0.25) is 0 Å². The lowest BCUT2D eigenvalue weighted by Gasteiger charge is -2.12. The zero-order valence-electron chi connectivity index (χ0n) is 17.6. The number of methoxy groups -OCH3 is 3. The lowest BCUT2D eigenvalue weighted by molar-refractivity contribution is 0.0594. The molecule has 0 fully saturated rings. The number of ether oxygens (including phenoxy) is 3. The second-order valence-corrected chi connectivity index (χ2v) is 6.75. The molecule has 9 nitrogen and oxygen atoms in total. The van der Waals surface area contributed by atoms with Gasteiger partial charge in [-0.2, -0.15) is 5.10 Å². The first kappa shape index (κ1) is 20.9. The largest absolute Gasteiger partial charge is 0.493 e. The number of amides is 1. The quantitative estimate of drug-likeness (QED) is 0.447. The number of fused-ring (bicyclic) bond motifs is 1. The minimum Gasteiger partial charge on any atom is -0.493 e. The van der Waals surface area contributed by atoms with Crippen LogP contribution in [-0.2, 0) is 4.74 Å². The van der Waals surface area contributed by atoms with Crippen LogP contribution < -0.4 is 14.8 Å². The Bertz CT molecular complexity index is 1310. The molecule has 4 aromatic rings. The van der Waals surface area contributed by atoms with Gasteiger partial charge in [0.05, 0.1) is 38.1 Å². The Morgan fingerprint density at radius 3 is 2.47 bits per heavy atom. The molecule has 2 aromatic carbocycles. The summed E-state index contributed by atoms with van der Waals surface area (Å²) < 4.78 is 15.3. The van der Waals surface area contributed by atoms with Crippen molar-refractivity contribution in [2.75, 3.05) is 26.6 Å². The number of anilines is 1. The maximum absolute atomic E-state index is 13.1. The van der Waals surface area contributed by atoms with Gasteiger partial charge in [-0.15, -0.1) is 0 Å². The van der Waals surface area contributed by atoms with Gasteiger partial charge in [0.25, 0.3) is 5.91 Å². The first-order valence-electron chi connectivity index (χ1n) is 9.61. The maximum Gasteiger partial charge on any atom is 0.356 e. The number of rotatable bonds is 6. The molecule has 0 spiro atoms. The molecule has 4 rings (SSSR count). The first-order valence-corrected chi connectivity index (χ1v) is 9.61. The Hall–Kier alpha value is -4.40. The maximum atomic E-state index is 13.1. The van der Waals surface area contributed by atoms with Crippen molar-refractivity contribution in [2.24, 2.45) is 0 Å². The van der Waals surface area contributed by atoms with Gasteiger partial charge in [-0.25, -0.2) is 9.78 Å². The smallest absolute Gasteiger partial charge is 0.356 e. The average Bonchev–Trinajstić information content (AvgIpc) is 3.30. The summed E-state index contributed by atoms with van der Waals surface area (Å²) in [7, 11) is 4.38. The van der Waals surface area contributed by atoms with Crippen molar-refractivity contribution in [2.45, 2.75) is 0 Å². The zero-order valence-corrected chi connectivity index (χ0v) is 17.6. The van der Waals surface area contributed by atoms with Gasteiger partial charge in [0.1, 0.15) is 5.69 Å². The molecule has 0 radical (unpaired) electrons. The van der Waals surface area contributed by atoms with Crippen LogP contribution in [0, 0.1) is 0 Å². The minimum atomic E-state index is -0.580. The summed E-state index contributed by atoms with van der Waals surface area (Å²) in [6.45, 7) is 0. The molecule has 0 aliphatic heterocycles. The molecule has 0 aliphatic rings. The van der Waals surface area contributed by atoms with E-state index in [4.69, 9.17) is 14.5 Å². The molecular formula is C23H20N4O5. The van der Waals surface area contributed by atoms with Crippen molar-refractivity contribution in [1.82, 2.24) is 15.2 Å². The van der Waals surface area contributed by atoms with Crippen molar-refractivity contribution in [3.05, 3.63) is 65.9 Å². The van der Waals surface area contributed by atoms with Crippen LogP contribution in [0.4, 0.5) is 5.82 Å². The number of benzene rings is 2. The van der Waals surface area contributed by atoms with Crippen LogP contribution in [-0.4, -0.2) is 48.4 Å². The number of H-pyrrole nitrogens is 1. The molecule has 1 amide bonds. The van der Waals surface area contributed by atoms with Gasteiger partial charge in [0, 0.05) is 17.0 Å². The third-order valence-electron chi connectivity index (χ3n) is 4.86. The topological polar surface area (TPSA) is 115 Å². The monoisotopic (exact) mass is 432 g/mol. The highest BCUT2D eigenvalue weighted by Gasteiger charge is 2.17. The van der Waals surface area contributed by atoms with E-state index in [9.17, 15) is 9.59 Å². The van der Waals surface area contributed by atoms with E-state index in [1.807, 2.05) is 30.3 Å². The normalized spacial score (nSPS) is 10.6. The number of nitrogens with zero attached hydrogens (tertiary/aromatic N) is 2. The number of nitrogens with one attached hydrogen (secondary N) is 2. The van der Waals surface area contributed by atoms with E-state index in [0.717, 1.165) is 5.56 Å². The molecule has 0 atom stereocenters. The molecule has 2 heterocycles. The van der Waals surface area contributed by atoms with E-state index in [2.05, 4.69) is 20.3 Å². The fourth-order valence-electron chi connectivity index (χ4n) is 3.29. The van der Waals surface area contributed by atoms with Gasteiger partial charge in [-0.3, -0.25) is 9.89 Å².